The third-order valence-electron chi connectivity index (χ3n) is 3.53. The highest BCUT2D eigenvalue weighted by molar-refractivity contribution is 5.77. The van der Waals surface area contributed by atoms with Gasteiger partial charge in [-0.15, -0.1) is 0 Å². The van der Waals surface area contributed by atoms with Crippen molar-refractivity contribution in [1.82, 2.24) is 10.2 Å². The SMILES string of the molecule is CC(C)N[C@H]1C[C@H](OCCCN(C)C(=O)C(C)C)C1. The van der Waals surface area contributed by atoms with Crippen LogP contribution in [0.1, 0.15) is 47.0 Å². The minimum absolute atomic E-state index is 0.0837. The van der Waals surface area contributed by atoms with Crippen molar-refractivity contribution in [2.75, 3.05) is 20.2 Å². The van der Waals surface area contributed by atoms with E-state index in [1.165, 1.54) is 0 Å². The average Bonchev–Trinajstić information content (AvgIpc) is 2.28. The van der Waals surface area contributed by atoms with Crippen LogP contribution >= 0.6 is 0 Å². The van der Waals surface area contributed by atoms with Gasteiger partial charge in [-0.25, -0.2) is 0 Å². The van der Waals surface area contributed by atoms with E-state index in [-0.39, 0.29) is 11.8 Å². The topological polar surface area (TPSA) is 41.6 Å². The van der Waals surface area contributed by atoms with Crippen molar-refractivity contribution in [3.8, 4) is 0 Å². The number of carbonyl (C=O) groups excluding carboxylic acids is 1. The Labute approximate surface area is 117 Å². The molecule has 0 aromatic rings. The van der Waals surface area contributed by atoms with Gasteiger partial charge >= 0.3 is 0 Å². The molecule has 0 atom stereocenters. The highest BCUT2D eigenvalue weighted by Crippen LogP contribution is 2.23. The Kier molecular flexibility index (Phi) is 6.80. The van der Waals surface area contributed by atoms with E-state index in [0.29, 0.717) is 18.2 Å². The zero-order chi connectivity index (χ0) is 14.4. The molecule has 0 unspecified atom stereocenters. The maximum absolute atomic E-state index is 11.7. The summed E-state index contributed by atoms with van der Waals surface area (Å²) in [4.78, 5) is 13.5. The molecule has 1 fully saturated rings. The Bertz CT molecular complexity index is 273. The number of carbonyl (C=O) groups is 1. The fourth-order valence-electron chi connectivity index (χ4n) is 2.41. The van der Waals surface area contributed by atoms with Crippen LogP contribution < -0.4 is 5.32 Å². The predicted molar refractivity (Wildman–Crippen MR) is 78.1 cm³/mol. The number of hydrogen-bond acceptors (Lipinski definition) is 3. The van der Waals surface area contributed by atoms with E-state index in [9.17, 15) is 4.79 Å². The standard InChI is InChI=1S/C15H30N2O2/c1-11(2)15(18)17(5)7-6-8-19-14-9-13(10-14)16-12(3)4/h11-14,16H,6-10H2,1-5H3/t13-,14-. The minimum atomic E-state index is 0.0837. The predicted octanol–water partition coefficient (Wildman–Crippen LogP) is 2.04. The first-order valence-electron chi connectivity index (χ1n) is 7.52. The maximum Gasteiger partial charge on any atom is 0.224 e. The first-order chi connectivity index (χ1) is 8.90. The summed E-state index contributed by atoms with van der Waals surface area (Å²) in [6.45, 7) is 9.77. The maximum atomic E-state index is 11.7. The minimum Gasteiger partial charge on any atom is -0.378 e. The molecule has 1 amide bonds. The number of amides is 1. The van der Waals surface area contributed by atoms with E-state index in [1.54, 1.807) is 4.90 Å². The lowest BCUT2D eigenvalue weighted by molar-refractivity contribution is -0.133. The lowest BCUT2D eigenvalue weighted by Crippen LogP contribution is -2.48. The van der Waals surface area contributed by atoms with E-state index in [2.05, 4.69) is 19.2 Å². The van der Waals surface area contributed by atoms with Crippen LogP contribution in [0.5, 0.6) is 0 Å². The quantitative estimate of drug-likeness (QED) is 0.686. The van der Waals surface area contributed by atoms with Gasteiger partial charge in [-0.3, -0.25) is 4.79 Å². The van der Waals surface area contributed by atoms with Gasteiger partial charge in [0, 0.05) is 38.2 Å². The second kappa shape index (κ2) is 7.85. The van der Waals surface area contributed by atoms with Crippen LogP contribution in [0.2, 0.25) is 0 Å². The van der Waals surface area contributed by atoms with Crippen LogP contribution in [-0.4, -0.2) is 49.2 Å². The molecule has 1 N–H and O–H groups in total. The summed E-state index contributed by atoms with van der Waals surface area (Å²) < 4.78 is 5.80. The highest BCUT2D eigenvalue weighted by atomic mass is 16.5. The largest absolute Gasteiger partial charge is 0.378 e. The molecule has 0 radical (unpaired) electrons. The van der Waals surface area contributed by atoms with Gasteiger partial charge in [-0.1, -0.05) is 27.7 Å². The van der Waals surface area contributed by atoms with Crippen molar-refractivity contribution in [2.45, 2.75) is 65.1 Å². The number of hydrogen-bond donors (Lipinski definition) is 1. The Morgan fingerprint density at radius 3 is 2.47 bits per heavy atom. The van der Waals surface area contributed by atoms with Gasteiger partial charge in [0.15, 0.2) is 0 Å². The van der Waals surface area contributed by atoms with Crippen LogP contribution in [-0.2, 0) is 9.53 Å². The van der Waals surface area contributed by atoms with Crippen LogP contribution in [0, 0.1) is 5.92 Å². The molecule has 4 heteroatoms. The summed E-state index contributed by atoms with van der Waals surface area (Å²) in [5.74, 6) is 0.297. The summed E-state index contributed by atoms with van der Waals surface area (Å²) in [5.41, 5.74) is 0. The molecule has 4 nitrogen and oxygen atoms in total. The molecule has 0 aromatic carbocycles. The van der Waals surface area contributed by atoms with Crippen LogP contribution in [0.3, 0.4) is 0 Å². The monoisotopic (exact) mass is 270 g/mol. The Balaban J connectivity index is 1.99. The molecule has 1 aliphatic carbocycles. The number of rotatable bonds is 8. The van der Waals surface area contributed by atoms with Crippen LogP contribution in [0.4, 0.5) is 0 Å². The smallest absolute Gasteiger partial charge is 0.224 e. The van der Waals surface area contributed by atoms with Gasteiger partial charge in [-0.05, 0) is 19.3 Å². The Hall–Kier alpha value is -0.610. The summed E-state index contributed by atoms with van der Waals surface area (Å²) in [7, 11) is 1.87. The van der Waals surface area contributed by atoms with Crippen molar-refractivity contribution in [3.63, 3.8) is 0 Å². The third kappa shape index (κ3) is 5.91. The second-order valence-electron chi connectivity index (χ2n) is 6.25. The number of nitrogens with zero attached hydrogens (tertiary/aromatic N) is 1. The average molecular weight is 270 g/mol. The number of ether oxygens (including phenoxy) is 1. The zero-order valence-corrected chi connectivity index (χ0v) is 13.1. The molecule has 0 saturated heterocycles. The molecule has 1 saturated carbocycles. The van der Waals surface area contributed by atoms with Gasteiger partial charge in [-0.2, -0.15) is 0 Å². The molecule has 112 valence electrons. The van der Waals surface area contributed by atoms with Crippen molar-refractivity contribution in [2.24, 2.45) is 5.92 Å². The van der Waals surface area contributed by atoms with Gasteiger partial charge in [0.25, 0.3) is 0 Å². The third-order valence-corrected chi connectivity index (χ3v) is 3.53. The summed E-state index contributed by atoms with van der Waals surface area (Å²) in [6, 6.07) is 1.19. The Morgan fingerprint density at radius 2 is 1.95 bits per heavy atom. The fraction of sp³-hybridized carbons (Fsp3) is 0.933. The van der Waals surface area contributed by atoms with Gasteiger partial charge in [0.05, 0.1) is 6.10 Å². The van der Waals surface area contributed by atoms with E-state index < -0.39 is 0 Å². The van der Waals surface area contributed by atoms with Gasteiger partial charge in [0.2, 0.25) is 5.91 Å². The molecule has 1 aliphatic rings. The highest BCUT2D eigenvalue weighted by Gasteiger charge is 2.29. The number of nitrogens with one attached hydrogen (secondary N) is 1. The molecule has 1 rings (SSSR count). The molecule has 0 heterocycles. The summed E-state index contributed by atoms with van der Waals surface area (Å²) >= 11 is 0. The van der Waals surface area contributed by atoms with Crippen LogP contribution in [0.15, 0.2) is 0 Å². The summed E-state index contributed by atoms with van der Waals surface area (Å²) in [5, 5.41) is 3.51. The molecule has 0 bridgehead atoms. The first kappa shape index (κ1) is 16.4. The van der Waals surface area contributed by atoms with Gasteiger partial charge < -0.3 is 15.0 Å². The molecule has 0 aliphatic heterocycles. The van der Waals surface area contributed by atoms with E-state index >= 15 is 0 Å². The fourth-order valence-corrected chi connectivity index (χ4v) is 2.41. The molecule has 0 spiro atoms. The van der Waals surface area contributed by atoms with Crippen molar-refractivity contribution in [3.05, 3.63) is 0 Å². The van der Waals surface area contributed by atoms with E-state index in [0.717, 1.165) is 32.4 Å². The van der Waals surface area contributed by atoms with E-state index in [4.69, 9.17) is 4.74 Å². The van der Waals surface area contributed by atoms with Crippen molar-refractivity contribution in [1.29, 1.82) is 0 Å². The zero-order valence-electron chi connectivity index (χ0n) is 13.1. The first-order valence-corrected chi connectivity index (χ1v) is 7.52. The normalized spacial score (nSPS) is 22.7. The molecule has 0 aromatic heterocycles. The Morgan fingerprint density at radius 1 is 1.32 bits per heavy atom. The van der Waals surface area contributed by atoms with E-state index in [1.807, 2.05) is 20.9 Å². The molecule has 19 heavy (non-hydrogen) atoms. The summed E-state index contributed by atoms with van der Waals surface area (Å²) in [6.07, 6.45) is 3.59. The lowest BCUT2D eigenvalue weighted by atomic mass is 9.89. The van der Waals surface area contributed by atoms with Gasteiger partial charge in [0.1, 0.15) is 0 Å². The van der Waals surface area contributed by atoms with Crippen molar-refractivity contribution >= 4 is 5.91 Å². The second-order valence-corrected chi connectivity index (χ2v) is 6.25. The van der Waals surface area contributed by atoms with Crippen molar-refractivity contribution < 1.29 is 9.53 Å². The molecular formula is C15H30N2O2. The molecular weight excluding hydrogens is 240 g/mol. The lowest BCUT2D eigenvalue weighted by Gasteiger charge is -2.37. The van der Waals surface area contributed by atoms with Crippen LogP contribution in [0.25, 0.3) is 0 Å².